The number of hydrogen-bond donors (Lipinski definition) is 2. The zero-order valence-corrected chi connectivity index (χ0v) is 15.0. The third kappa shape index (κ3) is 2.04. The molecule has 2 N–H and O–H groups in total. The fourth-order valence-corrected chi connectivity index (χ4v) is 4.18. The zero-order valence-electron chi connectivity index (χ0n) is 15.0. The summed E-state index contributed by atoms with van der Waals surface area (Å²) in [6.07, 6.45) is 1.78. The fraction of sp³-hybridized carbons (Fsp3) is 0.190. The monoisotopic (exact) mass is 358 g/mol. The molecule has 5 rings (SSSR count). The molecule has 134 valence electrons. The summed E-state index contributed by atoms with van der Waals surface area (Å²) >= 11 is 0. The maximum atomic E-state index is 13.1. The van der Waals surface area contributed by atoms with E-state index in [9.17, 15) is 9.59 Å². The van der Waals surface area contributed by atoms with Gasteiger partial charge in [-0.05, 0) is 42.7 Å². The lowest BCUT2D eigenvalue weighted by atomic mass is 9.72. The van der Waals surface area contributed by atoms with Crippen LogP contribution in [0, 0.1) is 13.8 Å². The van der Waals surface area contributed by atoms with Crippen molar-refractivity contribution in [1.29, 1.82) is 0 Å². The van der Waals surface area contributed by atoms with Crippen molar-refractivity contribution in [1.82, 2.24) is 9.78 Å². The molecule has 0 aliphatic carbocycles. The van der Waals surface area contributed by atoms with Gasteiger partial charge in [-0.15, -0.1) is 0 Å². The summed E-state index contributed by atoms with van der Waals surface area (Å²) < 4.78 is 1.73. The predicted octanol–water partition coefficient (Wildman–Crippen LogP) is 3.07. The molecule has 0 saturated heterocycles. The molecule has 0 saturated carbocycles. The Kier molecular flexibility index (Phi) is 3.10. The lowest BCUT2D eigenvalue weighted by molar-refractivity contribution is -0.125. The molecule has 0 unspecified atom stereocenters. The maximum absolute atomic E-state index is 13.1. The van der Waals surface area contributed by atoms with Gasteiger partial charge in [0.15, 0.2) is 0 Å². The maximum Gasteiger partial charge on any atom is 0.240 e. The molecule has 6 nitrogen and oxygen atoms in total. The Labute approximate surface area is 156 Å². The van der Waals surface area contributed by atoms with Crippen LogP contribution in [0.2, 0.25) is 0 Å². The molecular formula is C21H18N4O2. The van der Waals surface area contributed by atoms with Crippen LogP contribution in [0.5, 0.6) is 0 Å². The second-order valence-electron chi connectivity index (χ2n) is 7.24. The molecule has 3 aromatic rings. The van der Waals surface area contributed by atoms with Crippen molar-refractivity contribution >= 4 is 23.3 Å². The first-order valence-corrected chi connectivity index (χ1v) is 8.87. The van der Waals surface area contributed by atoms with Gasteiger partial charge in [0.05, 0.1) is 11.9 Å². The van der Waals surface area contributed by atoms with Crippen LogP contribution in [-0.2, 0) is 15.0 Å². The Hall–Kier alpha value is -3.41. The van der Waals surface area contributed by atoms with Crippen LogP contribution in [0.4, 0.5) is 11.5 Å². The van der Waals surface area contributed by atoms with E-state index in [1.54, 1.807) is 10.9 Å². The third-order valence-electron chi connectivity index (χ3n) is 5.53. The van der Waals surface area contributed by atoms with Crippen LogP contribution >= 0.6 is 0 Å². The van der Waals surface area contributed by atoms with Crippen molar-refractivity contribution in [2.24, 2.45) is 0 Å². The molecule has 27 heavy (non-hydrogen) atoms. The Morgan fingerprint density at radius 3 is 2.70 bits per heavy atom. The van der Waals surface area contributed by atoms with E-state index >= 15 is 0 Å². The molecule has 1 spiro atoms. The number of rotatable bonds is 1. The Bertz CT molecular complexity index is 1130. The average Bonchev–Trinajstić information content (AvgIpc) is 3.18. The highest BCUT2D eigenvalue weighted by molar-refractivity contribution is 6.14. The first kappa shape index (κ1) is 15.8. The number of anilines is 2. The zero-order chi connectivity index (χ0) is 18.8. The number of fused-ring (bicyclic) bond motifs is 4. The largest absolute Gasteiger partial charge is 0.325 e. The number of benzene rings is 2. The van der Waals surface area contributed by atoms with Crippen molar-refractivity contribution in [2.45, 2.75) is 25.7 Å². The van der Waals surface area contributed by atoms with Crippen LogP contribution in [0.25, 0.3) is 5.69 Å². The van der Waals surface area contributed by atoms with Crippen molar-refractivity contribution in [3.05, 3.63) is 70.9 Å². The topological polar surface area (TPSA) is 76.0 Å². The highest BCUT2D eigenvalue weighted by Gasteiger charge is 2.54. The number of aromatic nitrogens is 2. The van der Waals surface area contributed by atoms with E-state index in [0.29, 0.717) is 5.82 Å². The van der Waals surface area contributed by atoms with E-state index in [0.717, 1.165) is 33.6 Å². The Morgan fingerprint density at radius 2 is 1.85 bits per heavy atom. The smallest absolute Gasteiger partial charge is 0.240 e. The SMILES string of the molecule is Cc1ccc(C)c(-n2ncc3c2NC(=O)C[C@]32C(=O)Nc3ccccc32)c1. The number of nitrogens with zero attached hydrogens (tertiary/aromatic N) is 2. The molecule has 2 aromatic carbocycles. The summed E-state index contributed by atoms with van der Waals surface area (Å²) in [5.41, 5.74) is 4.29. The fourth-order valence-electron chi connectivity index (χ4n) is 4.18. The minimum Gasteiger partial charge on any atom is -0.325 e. The highest BCUT2D eigenvalue weighted by atomic mass is 16.2. The number of para-hydroxylation sites is 1. The summed E-state index contributed by atoms with van der Waals surface area (Å²) in [5.74, 6) is 0.188. The highest BCUT2D eigenvalue weighted by Crippen LogP contribution is 2.50. The van der Waals surface area contributed by atoms with Gasteiger partial charge in [0.25, 0.3) is 0 Å². The van der Waals surface area contributed by atoms with Crippen LogP contribution in [0.3, 0.4) is 0 Å². The van der Waals surface area contributed by atoms with E-state index in [-0.39, 0.29) is 18.2 Å². The molecular weight excluding hydrogens is 340 g/mol. The van der Waals surface area contributed by atoms with Gasteiger partial charge in [0.1, 0.15) is 11.2 Å². The van der Waals surface area contributed by atoms with Gasteiger partial charge in [0, 0.05) is 17.7 Å². The van der Waals surface area contributed by atoms with Gasteiger partial charge < -0.3 is 10.6 Å². The number of hydrogen-bond acceptors (Lipinski definition) is 3. The van der Waals surface area contributed by atoms with Gasteiger partial charge in [-0.3, -0.25) is 9.59 Å². The molecule has 0 fully saturated rings. The standard InChI is InChI=1S/C21H18N4O2/c1-12-7-8-13(2)17(9-12)25-19-15(11-22-25)21(10-18(26)24-19)14-5-3-4-6-16(14)23-20(21)27/h3-9,11H,10H2,1-2H3,(H,23,27)(H,24,26)/t21-/m1/s1. The van der Waals surface area contributed by atoms with Crippen molar-refractivity contribution in [3.8, 4) is 5.69 Å². The van der Waals surface area contributed by atoms with E-state index in [1.165, 1.54) is 0 Å². The lowest BCUT2D eigenvalue weighted by Crippen LogP contribution is -2.43. The lowest BCUT2D eigenvalue weighted by Gasteiger charge is -2.31. The molecule has 3 heterocycles. The summed E-state index contributed by atoms with van der Waals surface area (Å²) in [6, 6.07) is 13.6. The van der Waals surface area contributed by atoms with Crippen LogP contribution in [0.15, 0.2) is 48.7 Å². The number of carbonyl (C=O) groups excluding carboxylic acids is 2. The molecule has 0 bridgehead atoms. The molecule has 0 radical (unpaired) electrons. The van der Waals surface area contributed by atoms with E-state index in [2.05, 4.69) is 15.7 Å². The van der Waals surface area contributed by atoms with E-state index in [4.69, 9.17) is 0 Å². The number of carbonyl (C=O) groups is 2. The molecule has 2 aliphatic heterocycles. The summed E-state index contributed by atoms with van der Waals surface area (Å²) in [5, 5.41) is 10.4. The van der Waals surface area contributed by atoms with Crippen LogP contribution in [0.1, 0.15) is 28.7 Å². The summed E-state index contributed by atoms with van der Waals surface area (Å²) in [4.78, 5) is 25.7. The number of nitrogens with one attached hydrogen (secondary N) is 2. The van der Waals surface area contributed by atoms with Crippen molar-refractivity contribution < 1.29 is 9.59 Å². The first-order valence-electron chi connectivity index (χ1n) is 8.87. The predicted molar refractivity (Wildman–Crippen MR) is 102 cm³/mol. The average molecular weight is 358 g/mol. The number of aryl methyl sites for hydroxylation is 2. The number of amides is 2. The molecule has 1 atom stereocenters. The molecule has 6 heteroatoms. The summed E-state index contributed by atoms with van der Waals surface area (Å²) in [7, 11) is 0. The Morgan fingerprint density at radius 1 is 1.04 bits per heavy atom. The van der Waals surface area contributed by atoms with Gasteiger partial charge in [-0.1, -0.05) is 30.3 Å². The van der Waals surface area contributed by atoms with Crippen LogP contribution in [-0.4, -0.2) is 21.6 Å². The Balaban J connectivity index is 1.78. The van der Waals surface area contributed by atoms with Crippen molar-refractivity contribution in [3.63, 3.8) is 0 Å². The quantitative estimate of drug-likeness (QED) is 0.702. The summed E-state index contributed by atoms with van der Waals surface area (Å²) in [6.45, 7) is 4.01. The first-order chi connectivity index (χ1) is 13.0. The van der Waals surface area contributed by atoms with Gasteiger partial charge >= 0.3 is 0 Å². The van der Waals surface area contributed by atoms with Crippen molar-refractivity contribution in [2.75, 3.05) is 10.6 Å². The molecule has 1 aromatic heterocycles. The van der Waals surface area contributed by atoms with Gasteiger partial charge in [0.2, 0.25) is 11.8 Å². The van der Waals surface area contributed by atoms with Crippen LogP contribution < -0.4 is 10.6 Å². The van der Waals surface area contributed by atoms with E-state index < -0.39 is 5.41 Å². The minimum absolute atomic E-state index is 0.0708. The molecule has 2 aliphatic rings. The minimum atomic E-state index is -1.04. The van der Waals surface area contributed by atoms with Gasteiger partial charge in [-0.2, -0.15) is 5.10 Å². The second kappa shape index (κ2) is 5.30. The molecule has 2 amide bonds. The van der Waals surface area contributed by atoms with Gasteiger partial charge in [-0.25, -0.2) is 4.68 Å². The normalized spacial score (nSPS) is 20.2. The van der Waals surface area contributed by atoms with E-state index in [1.807, 2.05) is 56.3 Å². The second-order valence-corrected chi connectivity index (χ2v) is 7.24. The third-order valence-corrected chi connectivity index (χ3v) is 5.53.